The number of carboxylic acid groups (broad SMARTS) is 1. The van der Waals surface area contributed by atoms with Crippen LogP contribution >= 0.6 is 0 Å². The highest BCUT2D eigenvalue weighted by Crippen LogP contribution is 2.39. The van der Waals surface area contributed by atoms with E-state index in [9.17, 15) is 9.90 Å². The SMILES string of the molecule is O=C(O)C(Cc1ccccc1)Oc1ccc(-c2ccccc2)c(-c2coc3ccccc23)c1. The summed E-state index contributed by atoms with van der Waals surface area (Å²) >= 11 is 0. The highest BCUT2D eigenvalue weighted by atomic mass is 16.5. The maximum absolute atomic E-state index is 11.9. The summed E-state index contributed by atoms with van der Waals surface area (Å²) in [5.41, 5.74) is 5.64. The Morgan fingerprint density at radius 2 is 1.48 bits per heavy atom. The Labute approximate surface area is 191 Å². The zero-order valence-corrected chi connectivity index (χ0v) is 17.8. The first kappa shape index (κ1) is 20.6. The topological polar surface area (TPSA) is 59.7 Å². The van der Waals surface area contributed by atoms with E-state index in [0.717, 1.165) is 38.8 Å². The molecule has 0 aliphatic rings. The van der Waals surface area contributed by atoms with E-state index in [1.807, 2.05) is 91.0 Å². The Kier molecular flexibility index (Phi) is 5.64. The highest BCUT2D eigenvalue weighted by molar-refractivity contribution is 5.98. The number of furan rings is 1. The number of ether oxygens (including phenoxy) is 1. The molecule has 4 nitrogen and oxygen atoms in total. The van der Waals surface area contributed by atoms with Crippen LogP contribution < -0.4 is 4.74 Å². The van der Waals surface area contributed by atoms with Crippen molar-refractivity contribution in [2.45, 2.75) is 12.5 Å². The van der Waals surface area contributed by atoms with Crippen molar-refractivity contribution in [1.82, 2.24) is 0 Å². The second-order valence-corrected chi connectivity index (χ2v) is 7.85. The molecule has 33 heavy (non-hydrogen) atoms. The molecule has 0 fully saturated rings. The van der Waals surface area contributed by atoms with Gasteiger partial charge in [-0.1, -0.05) is 84.9 Å². The molecule has 4 heteroatoms. The fourth-order valence-corrected chi connectivity index (χ4v) is 4.05. The van der Waals surface area contributed by atoms with Gasteiger partial charge >= 0.3 is 5.97 Å². The second-order valence-electron chi connectivity index (χ2n) is 7.85. The molecule has 0 spiro atoms. The van der Waals surface area contributed by atoms with Gasteiger partial charge in [-0.2, -0.15) is 0 Å². The van der Waals surface area contributed by atoms with Crippen LogP contribution in [-0.2, 0) is 11.2 Å². The van der Waals surface area contributed by atoms with E-state index in [2.05, 4.69) is 12.1 Å². The van der Waals surface area contributed by atoms with Crippen LogP contribution in [0.25, 0.3) is 33.2 Å². The lowest BCUT2D eigenvalue weighted by molar-refractivity contribution is -0.145. The first-order valence-corrected chi connectivity index (χ1v) is 10.8. The molecule has 4 aromatic carbocycles. The lowest BCUT2D eigenvalue weighted by atomic mass is 9.94. The van der Waals surface area contributed by atoms with Gasteiger partial charge in [0.15, 0.2) is 6.10 Å². The minimum atomic E-state index is -0.999. The van der Waals surface area contributed by atoms with Gasteiger partial charge in [-0.3, -0.25) is 0 Å². The Bertz CT molecular complexity index is 1390. The maximum Gasteiger partial charge on any atom is 0.345 e. The number of benzene rings is 4. The van der Waals surface area contributed by atoms with Gasteiger partial charge in [0.05, 0.1) is 6.26 Å². The third-order valence-corrected chi connectivity index (χ3v) is 5.66. The normalized spacial score (nSPS) is 11.9. The number of aliphatic carboxylic acids is 1. The van der Waals surface area contributed by atoms with Crippen molar-refractivity contribution in [2.24, 2.45) is 0 Å². The fraction of sp³-hybridized carbons (Fsp3) is 0.0690. The summed E-state index contributed by atoms with van der Waals surface area (Å²) in [5.74, 6) is -0.500. The van der Waals surface area contributed by atoms with E-state index in [4.69, 9.17) is 9.15 Å². The molecule has 1 aromatic heterocycles. The summed E-state index contributed by atoms with van der Waals surface area (Å²) in [6.07, 6.45) is 1.03. The number of carboxylic acids is 1. The van der Waals surface area contributed by atoms with E-state index < -0.39 is 12.1 Å². The van der Waals surface area contributed by atoms with Crippen molar-refractivity contribution < 1.29 is 19.1 Å². The summed E-state index contributed by atoms with van der Waals surface area (Å²) < 4.78 is 11.8. The first-order chi connectivity index (χ1) is 16.2. The average molecular weight is 434 g/mol. The molecule has 0 radical (unpaired) electrons. The van der Waals surface area contributed by atoms with Crippen LogP contribution in [0.2, 0.25) is 0 Å². The standard InChI is InChI=1S/C29H22O4/c30-29(31)28(17-20-9-3-1-4-10-20)33-22-15-16-23(21-11-5-2-6-12-21)25(18-22)26-19-32-27-14-8-7-13-24(26)27/h1-16,18-19,28H,17H2,(H,30,31). The predicted molar refractivity (Wildman–Crippen MR) is 129 cm³/mol. The van der Waals surface area contributed by atoms with Gasteiger partial charge in [-0.05, 0) is 40.5 Å². The van der Waals surface area contributed by atoms with Gasteiger partial charge in [-0.15, -0.1) is 0 Å². The molecular weight excluding hydrogens is 412 g/mol. The summed E-state index contributed by atoms with van der Waals surface area (Å²) in [5, 5.41) is 10.8. The number of fused-ring (bicyclic) bond motifs is 1. The van der Waals surface area contributed by atoms with Gasteiger partial charge in [0.2, 0.25) is 0 Å². The molecule has 0 bridgehead atoms. The van der Waals surface area contributed by atoms with Gasteiger partial charge in [0.1, 0.15) is 11.3 Å². The number of hydrogen-bond donors (Lipinski definition) is 1. The zero-order valence-electron chi connectivity index (χ0n) is 17.8. The van der Waals surface area contributed by atoms with Crippen LogP contribution in [0.4, 0.5) is 0 Å². The summed E-state index contributed by atoms with van der Waals surface area (Å²) in [4.78, 5) is 11.9. The Morgan fingerprint density at radius 1 is 0.788 bits per heavy atom. The van der Waals surface area contributed by atoms with Crippen molar-refractivity contribution in [1.29, 1.82) is 0 Å². The van der Waals surface area contributed by atoms with E-state index >= 15 is 0 Å². The average Bonchev–Trinajstić information content (AvgIpc) is 3.29. The monoisotopic (exact) mass is 434 g/mol. The molecule has 0 aliphatic carbocycles. The largest absolute Gasteiger partial charge is 0.478 e. The number of hydrogen-bond acceptors (Lipinski definition) is 3. The van der Waals surface area contributed by atoms with E-state index in [1.54, 1.807) is 6.26 Å². The predicted octanol–water partition coefficient (Wildman–Crippen LogP) is 6.84. The fourth-order valence-electron chi connectivity index (χ4n) is 4.05. The second kappa shape index (κ2) is 9.05. The number of rotatable bonds is 7. The van der Waals surface area contributed by atoms with E-state index in [0.29, 0.717) is 5.75 Å². The van der Waals surface area contributed by atoms with Crippen LogP contribution in [0.1, 0.15) is 5.56 Å². The van der Waals surface area contributed by atoms with Gasteiger partial charge in [0.25, 0.3) is 0 Å². The summed E-state index contributed by atoms with van der Waals surface area (Å²) in [6, 6.07) is 33.2. The van der Waals surface area contributed by atoms with Crippen LogP contribution in [0.5, 0.6) is 5.75 Å². The Morgan fingerprint density at radius 3 is 2.24 bits per heavy atom. The third-order valence-electron chi connectivity index (χ3n) is 5.66. The molecule has 0 aliphatic heterocycles. The molecular formula is C29H22O4. The van der Waals surface area contributed by atoms with Crippen molar-refractivity contribution in [3.8, 4) is 28.0 Å². The smallest absolute Gasteiger partial charge is 0.345 e. The highest BCUT2D eigenvalue weighted by Gasteiger charge is 2.21. The first-order valence-electron chi connectivity index (χ1n) is 10.8. The zero-order chi connectivity index (χ0) is 22.6. The maximum atomic E-state index is 11.9. The molecule has 1 N–H and O–H groups in total. The minimum absolute atomic E-state index is 0.278. The molecule has 0 saturated heterocycles. The molecule has 162 valence electrons. The molecule has 5 rings (SSSR count). The molecule has 1 unspecified atom stereocenters. The van der Waals surface area contributed by atoms with E-state index in [1.165, 1.54) is 0 Å². The molecule has 0 saturated carbocycles. The Hall–Kier alpha value is -4.31. The molecule has 5 aromatic rings. The molecule has 1 heterocycles. The lowest BCUT2D eigenvalue weighted by Crippen LogP contribution is -2.29. The van der Waals surface area contributed by atoms with Crippen LogP contribution in [0, 0.1) is 0 Å². The number of para-hydroxylation sites is 1. The summed E-state index contributed by atoms with van der Waals surface area (Å²) in [7, 11) is 0. The Balaban J connectivity index is 1.57. The minimum Gasteiger partial charge on any atom is -0.478 e. The number of carbonyl (C=O) groups is 1. The van der Waals surface area contributed by atoms with Gasteiger partial charge < -0.3 is 14.3 Å². The van der Waals surface area contributed by atoms with Crippen molar-refractivity contribution in [3.63, 3.8) is 0 Å². The van der Waals surface area contributed by atoms with E-state index in [-0.39, 0.29) is 6.42 Å². The van der Waals surface area contributed by atoms with Crippen LogP contribution in [0.3, 0.4) is 0 Å². The van der Waals surface area contributed by atoms with Crippen molar-refractivity contribution in [2.75, 3.05) is 0 Å². The third kappa shape index (κ3) is 4.37. The van der Waals surface area contributed by atoms with Crippen molar-refractivity contribution in [3.05, 3.63) is 115 Å². The molecule has 1 atom stereocenters. The molecule has 0 amide bonds. The van der Waals surface area contributed by atoms with Crippen molar-refractivity contribution >= 4 is 16.9 Å². The van der Waals surface area contributed by atoms with Gasteiger partial charge in [0, 0.05) is 17.4 Å². The summed E-state index contributed by atoms with van der Waals surface area (Å²) in [6.45, 7) is 0. The van der Waals surface area contributed by atoms with Gasteiger partial charge in [-0.25, -0.2) is 4.79 Å². The quantitative estimate of drug-likeness (QED) is 0.305. The van der Waals surface area contributed by atoms with Crippen LogP contribution in [-0.4, -0.2) is 17.2 Å². The lowest BCUT2D eigenvalue weighted by Gasteiger charge is -2.17. The van der Waals surface area contributed by atoms with Crippen LogP contribution in [0.15, 0.2) is 114 Å².